The quantitative estimate of drug-likeness (QED) is 0.725. The van der Waals surface area contributed by atoms with Gasteiger partial charge in [-0.2, -0.15) is 0 Å². The van der Waals surface area contributed by atoms with E-state index in [-0.39, 0.29) is 23.5 Å². The summed E-state index contributed by atoms with van der Waals surface area (Å²) in [7, 11) is -3.16. The number of piperidine rings is 1. The molecule has 2 rings (SSSR count). The van der Waals surface area contributed by atoms with Crippen molar-refractivity contribution in [3.63, 3.8) is 0 Å². The van der Waals surface area contributed by atoms with Crippen LogP contribution in [0.15, 0.2) is 0 Å². The zero-order valence-electron chi connectivity index (χ0n) is 14.0. The first-order valence-electron chi connectivity index (χ1n) is 8.37. The summed E-state index contributed by atoms with van der Waals surface area (Å²) in [5.41, 5.74) is 0. The molecule has 0 aliphatic carbocycles. The smallest absolute Gasteiger partial charge is 0.225 e. The average Bonchev–Trinajstić information content (AvgIpc) is 2.54. The van der Waals surface area contributed by atoms with Crippen LogP contribution < -0.4 is 0 Å². The lowest BCUT2D eigenvalue weighted by molar-refractivity contribution is -0.142. The Labute approximate surface area is 138 Å². The van der Waals surface area contributed by atoms with E-state index in [1.54, 1.807) is 11.8 Å². The van der Waals surface area contributed by atoms with Crippen molar-refractivity contribution in [3.05, 3.63) is 0 Å². The zero-order valence-corrected chi connectivity index (χ0v) is 14.8. The SMILES string of the molecule is CCCS(=O)(=O)N1CCC(C(=O)N2CCN(C(C)=O)CC2)CC1. The third-order valence-corrected chi connectivity index (χ3v) is 6.77. The van der Waals surface area contributed by atoms with Crippen molar-refractivity contribution in [3.8, 4) is 0 Å². The molecule has 7 nitrogen and oxygen atoms in total. The molecule has 8 heteroatoms. The lowest BCUT2D eigenvalue weighted by Gasteiger charge is -2.38. The summed E-state index contributed by atoms with van der Waals surface area (Å²) < 4.78 is 25.6. The number of amides is 2. The van der Waals surface area contributed by atoms with E-state index < -0.39 is 10.0 Å². The number of carbonyl (C=O) groups excluding carboxylic acids is 2. The maximum absolute atomic E-state index is 12.6. The van der Waals surface area contributed by atoms with Crippen LogP contribution in [-0.2, 0) is 19.6 Å². The van der Waals surface area contributed by atoms with Crippen molar-refractivity contribution in [2.24, 2.45) is 5.92 Å². The van der Waals surface area contributed by atoms with Gasteiger partial charge < -0.3 is 9.80 Å². The summed E-state index contributed by atoms with van der Waals surface area (Å²) in [6, 6.07) is 0. The standard InChI is InChI=1S/C15H27N3O4S/c1-3-12-23(21,22)18-6-4-14(5-7-18)15(20)17-10-8-16(9-11-17)13(2)19/h14H,3-12H2,1-2H3. The number of hydrogen-bond donors (Lipinski definition) is 0. The fraction of sp³-hybridized carbons (Fsp3) is 0.867. The molecular formula is C15H27N3O4S. The van der Waals surface area contributed by atoms with Crippen LogP contribution in [0.1, 0.15) is 33.1 Å². The first-order chi connectivity index (χ1) is 10.8. The Morgan fingerprint density at radius 2 is 1.48 bits per heavy atom. The third-order valence-electron chi connectivity index (χ3n) is 4.70. The molecular weight excluding hydrogens is 318 g/mol. The van der Waals surface area contributed by atoms with Gasteiger partial charge in [0.25, 0.3) is 0 Å². The second-order valence-electron chi connectivity index (χ2n) is 6.32. The van der Waals surface area contributed by atoms with E-state index >= 15 is 0 Å². The van der Waals surface area contributed by atoms with Gasteiger partial charge in [-0.3, -0.25) is 9.59 Å². The van der Waals surface area contributed by atoms with Crippen molar-refractivity contribution in [1.82, 2.24) is 14.1 Å². The highest BCUT2D eigenvalue weighted by Crippen LogP contribution is 2.22. The molecule has 2 aliphatic heterocycles. The molecule has 2 fully saturated rings. The molecule has 0 bridgehead atoms. The van der Waals surface area contributed by atoms with Gasteiger partial charge >= 0.3 is 0 Å². The van der Waals surface area contributed by atoms with Crippen LogP contribution in [0.25, 0.3) is 0 Å². The van der Waals surface area contributed by atoms with Gasteiger partial charge in [-0.05, 0) is 19.3 Å². The minimum absolute atomic E-state index is 0.0477. The highest BCUT2D eigenvalue weighted by molar-refractivity contribution is 7.89. The largest absolute Gasteiger partial charge is 0.339 e. The summed E-state index contributed by atoms with van der Waals surface area (Å²) >= 11 is 0. The third kappa shape index (κ3) is 4.44. The summed E-state index contributed by atoms with van der Waals surface area (Å²) in [5.74, 6) is 0.248. The maximum atomic E-state index is 12.6. The van der Waals surface area contributed by atoms with E-state index in [1.165, 1.54) is 4.31 Å². The van der Waals surface area contributed by atoms with E-state index in [2.05, 4.69) is 0 Å². The van der Waals surface area contributed by atoms with Gasteiger partial charge in [-0.1, -0.05) is 6.92 Å². The van der Waals surface area contributed by atoms with Gasteiger partial charge in [0.15, 0.2) is 0 Å². The molecule has 0 atom stereocenters. The van der Waals surface area contributed by atoms with E-state index in [9.17, 15) is 18.0 Å². The minimum atomic E-state index is -3.16. The maximum Gasteiger partial charge on any atom is 0.225 e. The molecule has 0 unspecified atom stereocenters. The Balaban J connectivity index is 1.84. The number of carbonyl (C=O) groups is 2. The molecule has 0 spiro atoms. The Morgan fingerprint density at radius 3 is 1.96 bits per heavy atom. The molecule has 0 N–H and O–H groups in total. The normalized spacial score (nSPS) is 21.5. The molecule has 0 aromatic carbocycles. The topological polar surface area (TPSA) is 78.0 Å². The molecule has 2 saturated heterocycles. The van der Waals surface area contributed by atoms with Gasteiger partial charge in [-0.25, -0.2) is 12.7 Å². The van der Waals surface area contributed by atoms with Crippen LogP contribution in [0.4, 0.5) is 0 Å². The van der Waals surface area contributed by atoms with Crippen LogP contribution in [-0.4, -0.2) is 79.4 Å². The second kappa shape index (κ2) is 7.61. The van der Waals surface area contributed by atoms with E-state index in [1.807, 2.05) is 11.8 Å². The first-order valence-corrected chi connectivity index (χ1v) is 9.98. The van der Waals surface area contributed by atoms with Gasteiger partial charge in [-0.15, -0.1) is 0 Å². The molecule has 2 aliphatic rings. The minimum Gasteiger partial charge on any atom is -0.339 e. The summed E-state index contributed by atoms with van der Waals surface area (Å²) in [6.07, 6.45) is 1.80. The Hall–Kier alpha value is -1.15. The Morgan fingerprint density at radius 1 is 0.957 bits per heavy atom. The van der Waals surface area contributed by atoms with Gasteiger partial charge in [0.2, 0.25) is 21.8 Å². The lowest BCUT2D eigenvalue weighted by atomic mass is 9.96. The van der Waals surface area contributed by atoms with Crippen molar-refractivity contribution < 1.29 is 18.0 Å². The van der Waals surface area contributed by atoms with Crippen LogP contribution >= 0.6 is 0 Å². The van der Waals surface area contributed by atoms with Gasteiger partial charge in [0.1, 0.15) is 0 Å². The Kier molecular flexibility index (Phi) is 6.02. The van der Waals surface area contributed by atoms with Crippen molar-refractivity contribution in [2.45, 2.75) is 33.1 Å². The van der Waals surface area contributed by atoms with Crippen LogP contribution in [0, 0.1) is 5.92 Å². The predicted molar refractivity (Wildman–Crippen MR) is 87.2 cm³/mol. The fourth-order valence-electron chi connectivity index (χ4n) is 3.27. The average molecular weight is 345 g/mol. The van der Waals surface area contributed by atoms with E-state index in [0.29, 0.717) is 58.5 Å². The van der Waals surface area contributed by atoms with Gasteiger partial charge in [0, 0.05) is 52.1 Å². The molecule has 2 heterocycles. The van der Waals surface area contributed by atoms with Crippen LogP contribution in [0.3, 0.4) is 0 Å². The predicted octanol–water partition coefficient (Wildman–Crippen LogP) is 0.129. The molecule has 132 valence electrons. The van der Waals surface area contributed by atoms with E-state index in [0.717, 1.165) is 0 Å². The molecule has 23 heavy (non-hydrogen) atoms. The van der Waals surface area contributed by atoms with Crippen LogP contribution in [0.5, 0.6) is 0 Å². The van der Waals surface area contributed by atoms with Crippen molar-refractivity contribution in [1.29, 1.82) is 0 Å². The second-order valence-corrected chi connectivity index (χ2v) is 8.41. The highest BCUT2D eigenvalue weighted by Gasteiger charge is 2.33. The number of rotatable bonds is 4. The molecule has 0 radical (unpaired) electrons. The van der Waals surface area contributed by atoms with E-state index in [4.69, 9.17) is 0 Å². The fourth-order valence-corrected chi connectivity index (χ4v) is 4.81. The molecule has 2 amide bonds. The van der Waals surface area contributed by atoms with Gasteiger partial charge in [0.05, 0.1) is 5.75 Å². The van der Waals surface area contributed by atoms with Crippen molar-refractivity contribution >= 4 is 21.8 Å². The highest BCUT2D eigenvalue weighted by atomic mass is 32.2. The molecule has 0 aromatic heterocycles. The Bertz CT molecular complexity index is 533. The summed E-state index contributed by atoms with van der Waals surface area (Å²) in [5, 5.41) is 0. The van der Waals surface area contributed by atoms with Crippen LogP contribution in [0.2, 0.25) is 0 Å². The summed E-state index contributed by atoms with van der Waals surface area (Å²) in [6.45, 7) is 6.60. The number of piperazine rings is 1. The van der Waals surface area contributed by atoms with Crippen molar-refractivity contribution in [2.75, 3.05) is 45.0 Å². The first kappa shape index (κ1) is 18.2. The lowest BCUT2D eigenvalue weighted by Crippen LogP contribution is -2.52. The number of sulfonamides is 1. The molecule has 0 aromatic rings. The zero-order chi connectivity index (χ0) is 17.0. The monoisotopic (exact) mass is 345 g/mol. The number of hydrogen-bond acceptors (Lipinski definition) is 4. The molecule has 0 saturated carbocycles. The number of nitrogens with zero attached hydrogens (tertiary/aromatic N) is 3. The summed E-state index contributed by atoms with van der Waals surface area (Å²) in [4.78, 5) is 27.5.